The molecular formula is C16H21N5. The fourth-order valence-electron chi connectivity index (χ4n) is 2.88. The molecule has 1 aliphatic rings. The van der Waals surface area contributed by atoms with E-state index in [0.717, 1.165) is 25.1 Å². The molecular weight excluding hydrogens is 262 g/mol. The van der Waals surface area contributed by atoms with Gasteiger partial charge < -0.3 is 11.1 Å². The van der Waals surface area contributed by atoms with Crippen molar-refractivity contribution in [1.82, 2.24) is 15.0 Å². The average molecular weight is 283 g/mol. The summed E-state index contributed by atoms with van der Waals surface area (Å²) >= 11 is 0. The van der Waals surface area contributed by atoms with E-state index in [4.69, 9.17) is 5.73 Å². The van der Waals surface area contributed by atoms with Gasteiger partial charge in [-0.2, -0.15) is 15.0 Å². The summed E-state index contributed by atoms with van der Waals surface area (Å²) in [5, 5.41) is 3.44. The maximum absolute atomic E-state index is 5.76. The minimum atomic E-state index is 0.250. The standard InChI is InChI=1S/C16H21N5/c1-3-14-19-15(17)21-16(20-14)18-13-6-4-5-11-8-7-10(2)9-12(11)13/h7-9,13H,3-6H2,1-2H3,(H3,17,18,19,20,21). The third-order valence-electron chi connectivity index (χ3n) is 3.93. The second-order valence-corrected chi connectivity index (χ2v) is 5.58. The van der Waals surface area contributed by atoms with Crippen LogP contribution in [0, 0.1) is 6.92 Å². The highest BCUT2D eigenvalue weighted by atomic mass is 15.2. The minimum Gasteiger partial charge on any atom is -0.368 e. The summed E-state index contributed by atoms with van der Waals surface area (Å²) in [4.78, 5) is 12.8. The summed E-state index contributed by atoms with van der Waals surface area (Å²) in [5.41, 5.74) is 9.82. The van der Waals surface area contributed by atoms with E-state index in [1.807, 2.05) is 6.92 Å². The fraction of sp³-hybridized carbons (Fsp3) is 0.438. The van der Waals surface area contributed by atoms with Gasteiger partial charge in [0.15, 0.2) is 0 Å². The SMILES string of the molecule is CCc1nc(N)nc(NC2CCCc3ccc(C)cc32)n1. The van der Waals surface area contributed by atoms with Crippen molar-refractivity contribution in [2.75, 3.05) is 11.1 Å². The lowest BCUT2D eigenvalue weighted by molar-refractivity contribution is 0.595. The van der Waals surface area contributed by atoms with Crippen molar-refractivity contribution in [3.8, 4) is 0 Å². The Morgan fingerprint density at radius 3 is 2.95 bits per heavy atom. The highest BCUT2D eigenvalue weighted by molar-refractivity contribution is 5.41. The molecule has 3 rings (SSSR count). The third-order valence-corrected chi connectivity index (χ3v) is 3.93. The second kappa shape index (κ2) is 5.68. The Morgan fingerprint density at radius 1 is 1.29 bits per heavy atom. The van der Waals surface area contributed by atoms with Gasteiger partial charge in [0.2, 0.25) is 11.9 Å². The molecule has 1 heterocycles. The van der Waals surface area contributed by atoms with Crippen LogP contribution >= 0.6 is 0 Å². The quantitative estimate of drug-likeness (QED) is 0.905. The number of hydrogen-bond acceptors (Lipinski definition) is 5. The van der Waals surface area contributed by atoms with Gasteiger partial charge >= 0.3 is 0 Å². The van der Waals surface area contributed by atoms with Gasteiger partial charge in [0.1, 0.15) is 5.82 Å². The zero-order chi connectivity index (χ0) is 14.8. The first kappa shape index (κ1) is 13.8. The number of nitrogens with one attached hydrogen (secondary N) is 1. The summed E-state index contributed by atoms with van der Waals surface area (Å²) in [6.45, 7) is 4.14. The predicted octanol–water partition coefficient (Wildman–Crippen LogP) is 2.81. The number of nitrogen functional groups attached to an aromatic ring is 1. The van der Waals surface area contributed by atoms with Gasteiger partial charge in [-0.3, -0.25) is 0 Å². The maximum atomic E-state index is 5.76. The van der Waals surface area contributed by atoms with Gasteiger partial charge in [0, 0.05) is 6.42 Å². The Bertz CT molecular complexity index is 653. The van der Waals surface area contributed by atoms with Crippen LogP contribution in [0.25, 0.3) is 0 Å². The first-order valence-corrected chi connectivity index (χ1v) is 7.52. The molecule has 0 saturated carbocycles. The molecule has 0 fully saturated rings. The Morgan fingerprint density at radius 2 is 2.14 bits per heavy atom. The third kappa shape index (κ3) is 2.96. The number of hydrogen-bond donors (Lipinski definition) is 2. The zero-order valence-corrected chi connectivity index (χ0v) is 12.6. The number of nitrogens with two attached hydrogens (primary N) is 1. The number of benzene rings is 1. The van der Waals surface area contributed by atoms with E-state index >= 15 is 0 Å². The molecule has 2 aromatic rings. The summed E-state index contributed by atoms with van der Waals surface area (Å²) < 4.78 is 0. The van der Waals surface area contributed by atoms with E-state index in [2.05, 4.69) is 45.4 Å². The molecule has 0 saturated heterocycles. The molecule has 3 N–H and O–H groups in total. The lowest BCUT2D eigenvalue weighted by atomic mass is 9.87. The van der Waals surface area contributed by atoms with Crippen LogP contribution in [0.1, 0.15) is 48.3 Å². The van der Waals surface area contributed by atoms with E-state index in [0.29, 0.717) is 5.95 Å². The van der Waals surface area contributed by atoms with Crippen LogP contribution in [-0.2, 0) is 12.8 Å². The van der Waals surface area contributed by atoms with E-state index in [1.54, 1.807) is 0 Å². The minimum absolute atomic E-state index is 0.250. The molecule has 0 radical (unpaired) electrons. The lowest BCUT2D eigenvalue weighted by Gasteiger charge is -2.27. The van der Waals surface area contributed by atoms with Crippen LogP contribution in [0.3, 0.4) is 0 Å². The van der Waals surface area contributed by atoms with Crippen molar-refractivity contribution in [2.45, 2.75) is 45.6 Å². The molecule has 0 amide bonds. The monoisotopic (exact) mass is 283 g/mol. The summed E-state index contributed by atoms with van der Waals surface area (Å²) in [6.07, 6.45) is 4.16. The molecule has 0 spiro atoms. The van der Waals surface area contributed by atoms with Crippen LogP contribution < -0.4 is 11.1 Å². The zero-order valence-electron chi connectivity index (χ0n) is 12.6. The van der Waals surface area contributed by atoms with Gasteiger partial charge in [-0.1, -0.05) is 30.7 Å². The highest BCUT2D eigenvalue weighted by Gasteiger charge is 2.21. The van der Waals surface area contributed by atoms with Gasteiger partial charge in [-0.05, 0) is 37.3 Å². The number of nitrogens with zero attached hydrogens (tertiary/aromatic N) is 3. The van der Waals surface area contributed by atoms with Crippen molar-refractivity contribution in [3.63, 3.8) is 0 Å². The van der Waals surface area contributed by atoms with Crippen molar-refractivity contribution in [1.29, 1.82) is 0 Å². The van der Waals surface area contributed by atoms with Crippen molar-refractivity contribution in [3.05, 3.63) is 40.7 Å². The van der Waals surface area contributed by atoms with Crippen molar-refractivity contribution < 1.29 is 0 Å². The maximum Gasteiger partial charge on any atom is 0.228 e. The summed E-state index contributed by atoms with van der Waals surface area (Å²) in [7, 11) is 0. The number of rotatable bonds is 3. The molecule has 1 aliphatic carbocycles. The number of fused-ring (bicyclic) bond motifs is 1. The van der Waals surface area contributed by atoms with Crippen LogP contribution in [0.2, 0.25) is 0 Å². The molecule has 110 valence electrons. The fourth-order valence-corrected chi connectivity index (χ4v) is 2.88. The van der Waals surface area contributed by atoms with Crippen LogP contribution in [-0.4, -0.2) is 15.0 Å². The van der Waals surface area contributed by atoms with Crippen molar-refractivity contribution >= 4 is 11.9 Å². The molecule has 1 aromatic carbocycles. The summed E-state index contributed by atoms with van der Waals surface area (Å²) in [5.74, 6) is 1.59. The Balaban J connectivity index is 1.90. The van der Waals surface area contributed by atoms with E-state index in [-0.39, 0.29) is 12.0 Å². The van der Waals surface area contributed by atoms with Gasteiger partial charge in [-0.25, -0.2) is 0 Å². The average Bonchev–Trinajstić information content (AvgIpc) is 2.47. The molecule has 21 heavy (non-hydrogen) atoms. The number of aryl methyl sites for hydroxylation is 3. The van der Waals surface area contributed by atoms with E-state index < -0.39 is 0 Å². The van der Waals surface area contributed by atoms with Crippen LogP contribution in [0.15, 0.2) is 18.2 Å². The van der Waals surface area contributed by atoms with Gasteiger partial charge in [-0.15, -0.1) is 0 Å². The largest absolute Gasteiger partial charge is 0.368 e. The molecule has 5 nitrogen and oxygen atoms in total. The lowest BCUT2D eigenvalue weighted by Crippen LogP contribution is -2.20. The Kier molecular flexibility index (Phi) is 3.73. The highest BCUT2D eigenvalue weighted by Crippen LogP contribution is 2.32. The molecule has 5 heteroatoms. The van der Waals surface area contributed by atoms with E-state index in [9.17, 15) is 0 Å². The molecule has 0 bridgehead atoms. The first-order chi connectivity index (χ1) is 10.2. The molecule has 0 aliphatic heterocycles. The molecule has 1 atom stereocenters. The first-order valence-electron chi connectivity index (χ1n) is 7.52. The molecule has 1 unspecified atom stereocenters. The number of aromatic nitrogens is 3. The Labute approximate surface area is 125 Å². The van der Waals surface area contributed by atoms with Crippen LogP contribution in [0.4, 0.5) is 11.9 Å². The second-order valence-electron chi connectivity index (χ2n) is 5.58. The summed E-state index contributed by atoms with van der Waals surface area (Å²) in [6, 6.07) is 6.92. The smallest absolute Gasteiger partial charge is 0.228 e. The van der Waals surface area contributed by atoms with Crippen molar-refractivity contribution in [2.24, 2.45) is 0 Å². The normalized spacial score (nSPS) is 17.3. The van der Waals surface area contributed by atoms with E-state index in [1.165, 1.54) is 23.1 Å². The predicted molar refractivity (Wildman–Crippen MR) is 84.1 cm³/mol. The van der Waals surface area contributed by atoms with Gasteiger partial charge in [0.05, 0.1) is 6.04 Å². The van der Waals surface area contributed by atoms with Gasteiger partial charge in [0.25, 0.3) is 0 Å². The number of anilines is 2. The molecule has 1 aromatic heterocycles. The van der Waals surface area contributed by atoms with Crippen LogP contribution in [0.5, 0.6) is 0 Å². The topological polar surface area (TPSA) is 76.7 Å². The Hall–Kier alpha value is -2.17.